The minimum absolute atomic E-state index is 0.171. The Morgan fingerprint density at radius 2 is 1.89 bits per heavy atom. The lowest BCUT2D eigenvalue weighted by atomic mass is 10.1. The van der Waals surface area contributed by atoms with Crippen molar-refractivity contribution in [2.75, 3.05) is 39.0 Å². The van der Waals surface area contributed by atoms with Crippen LogP contribution in [0.25, 0.3) is 0 Å². The van der Waals surface area contributed by atoms with Gasteiger partial charge in [-0.15, -0.1) is 0 Å². The first-order chi connectivity index (χ1) is 13.5. The van der Waals surface area contributed by atoms with E-state index in [1.807, 2.05) is 7.05 Å². The first kappa shape index (κ1) is 20.7. The van der Waals surface area contributed by atoms with Crippen molar-refractivity contribution in [2.45, 2.75) is 31.9 Å². The lowest BCUT2D eigenvalue weighted by Gasteiger charge is -2.36. The monoisotopic (exact) mass is 402 g/mol. The van der Waals surface area contributed by atoms with Crippen LogP contribution in [-0.4, -0.2) is 71.8 Å². The molecule has 1 aromatic rings. The number of carbonyl (C=O) groups is 2. The van der Waals surface area contributed by atoms with Crippen molar-refractivity contribution in [2.24, 2.45) is 10.9 Å². The van der Waals surface area contributed by atoms with Gasteiger partial charge in [-0.05, 0) is 30.9 Å². The van der Waals surface area contributed by atoms with Gasteiger partial charge in [-0.25, -0.2) is 0 Å². The van der Waals surface area contributed by atoms with E-state index in [1.165, 1.54) is 4.90 Å². The lowest BCUT2D eigenvalue weighted by molar-refractivity contribution is 0.0652. The highest BCUT2D eigenvalue weighted by Crippen LogP contribution is 2.25. The van der Waals surface area contributed by atoms with Gasteiger partial charge < -0.3 is 10.2 Å². The maximum Gasteiger partial charge on any atom is 0.261 e. The zero-order valence-electron chi connectivity index (χ0n) is 17.0. The van der Waals surface area contributed by atoms with E-state index in [4.69, 9.17) is 0 Å². The lowest BCUT2D eigenvalue weighted by Crippen LogP contribution is -2.49. The maximum absolute atomic E-state index is 12.4. The van der Waals surface area contributed by atoms with Crippen LogP contribution in [0.2, 0.25) is 0 Å². The number of fused-ring (bicyclic) bond motifs is 1. The van der Waals surface area contributed by atoms with Crippen molar-refractivity contribution in [3.63, 3.8) is 0 Å². The summed E-state index contributed by atoms with van der Waals surface area (Å²) in [5.74, 6) is 2.39. The van der Waals surface area contributed by atoms with Crippen molar-refractivity contribution in [3.8, 4) is 0 Å². The van der Waals surface area contributed by atoms with Crippen LogP contribution in [0.5, 0.6) is 0 Å². The number of thioether (sulfide) groups is 1. The Bertz CT molecular complexity index is 715. The van der Waals surface area contributed by atoms with Gasteiger partial charge in [-0.2, -0.15) is 11.8 Å². The molecule has 0 aliphatic carbocycles. The largest absolute Gasteiger partial charge is 0.356 e. The zero-order chi connectivity index (χ0) is 20.1. The molecule has 0 bridgehead atoms. The van der Waals surface area contributed by atoms with Crippen LogP contribution < -0.4 is 5.32 Å². The third-order valence-electron chi connectivity index (χ3n) is 5.32. The summed E-state index contributed by atoms with van der Waals surface area (Å²) in [5.41, 5.74) is 1.04. The number of guanidine groups is 1. The molecule has 7 heteroatoms. The number of benzene rings is 1. The fourth-order valence-corrected chi connectivity index (χ4v) is 4.94. The Morgan fingerprint density at radius 1 is 1.21 bits per heavy atom. The molecule has 152 valence electrons. The van der Waals surface area contributed by atoms with Crippen LogP contribution in [-0.2, 0) is 0 Å². The molecule has 3 rings (SSSR count). The van der Waals surface area contributed by atoms with E-state index in [0.29, 0.717) is 28.8 Å². The molecule has 2 amide bonds. The number of aliphatic imine (C=N–C) groups is 1. The van der Waals surface area contributed by atoms with Gasteiger partial charge in [0.15, 0.2) is 5.96 Å². The number of nitrogens with one attached hydrogen (secondary N) is 1. The molecule has 0 saturated carbocycles. The number of amides is 2. The average Bonchev–Trinajstić information content (AvgIpc) is 2.95. The van der Waals surface area contributed by atoms with Crippen LogP contribution in [0.3, 0.4) is 0 Å². The first-order valence-electron chi connectivity index (χ1n) is 10.1. The third kappa shape index (κ3) is 4.51. The summed E-state index contributed by atoms with van der Waals surface area (Å²) in [7, 11) is 1.83. The number of nitrogens with zero attached hydrogens (tertiary/aromatic N) is 3. The molecule has 1 aromatic carbocycles. The summed E-state index contributed by atoms with van der Waals surface area (Å²) in [4.78, 5) is 32.9. The zero-order valence-corrected chi connectivity index (χ0v) is 17.8. The third-order valence-corrected chi connectivity index (χ3v) is 6.86. The summed E-state index contributed by atoms with van der Waals surface area (Å²) < 4.78 is 0. The SMILES string of the molecule is CN=C(NCCCCN1C(=O)c2ccccc2C1=O)N1CCSC(C(C)C)C1. The predicted molar refractivity (Wildman–Crippen MR) is 115 cm³/mol. The summed E-state index contributed by atoms with van der Waals surface area (Å²) in [5, 5.41) is 4.08. The van der Waals surface area contributed by atoms with E-state index in [9.17, 15) is 9.59 Å². The Balaban J connectivity index is 1.42. The van der Waals surface area contributed by atoms with Crippen molar-refractivity contribution < 1.29 is 9.59 Å². The Kier molecular flexibility index (Phi) is 6.99. The van der Waals surface area contributed by atoms with Gasteiger partial charge in [-0.1, -0.05) is 26.0 Å². The number of hydrogen-bond donors (Lipinski definition) is 1. The van der Waals surface area contributed by atoms with E-state index in [1.54, 1.807) is 24.3 Å². The molecule has 1 N–H and O–H groups in total. The topological polar surface area (TPSA) is 65.0 Å². The molecule has 1 fully saturated rings. The van der Waals surface area contributed by atoms with Crippen LogP contribution in [0, 0.1) is 5.92 Å². The summed E-state index contributed by atoms with van der Waals surface area (Å²) in [6, 6.07) is 7.04. The molecule has 2 aliphatic heterocycles. The standard InChI is InChI=1S/C21H30N4O2S/c1-15(2)18-14-24(12-13-28-18)21(22-3)23-10-6-7-11-25-19(26)16-8-4-5-9-17(16)20(25)27/h4-5,8-9,15,18H,6-7,10-14H2,1-3H3,(H,22,23). The van der Waals surface area contributed by atoms with Crippen LogP contribution in [0.15, 0.2) is 29.3 Å². The molecule has 28 heavy (non-hydrogen) atoms. The molecule has 2 aliphatic rings. The van der Waals surface area contributed by atoms with Crippen molar-refractivity contribution in [3.05, 3.63) is 35.4 Å². The van der Waals surface area contributed by atoms with Gasteiger partial charge in [0.05, 0.1) is 11.1 Å². The van der Waals surface area contributed by atoms with Crippen LogP contribution >= 0.6 is 11.8 Å². The highest BCUT2D eigenvalue weighted by Gasteiger charge is 2.34. The van der Waals surface area contributed by atoms with Gasteiger partial charge in [0.2, 0.25) is 0 Å². The molecular formula is C21H30N4O2S. The predicted octanol–water partition coefficient (Wildman–Crippen LogP) is 2.71. The van der Waals surface area contributed by atoms with Crippen LogP contribution in [0.1, 0.15) is 47.4 Å². The molecule has 0 aromatic heterocycles. The van der Waals surface area contributed by atoms with Gasteiger partial charge in [0, 0.05) is 44.2 Å². The molecule has 2 heterocycles. The van der Waals surface area contributed by atoms with Gasteiger partial charge in [-0.3, -0.25) is 19.5 Å². The van der Waals surface area contributed by atoms with Crippen molar-refractivity contribution in [1.29, 1.82) is 0 Å². The van der Waals surface area contributed by atoms with Gasteiger partial charge in [0.1, 0.15) is 0 Å². The Labute approximate surface area is 171 Å². The molecule has 1 saturated heterocycles. The molecule has 0 spiro atoms. The van der Waals surface area contributed by atoms with Gasteiger partial charge >= 0.3 is 0 Å². The smallest absolute Gasteiger partial charge is 0.261 e. The molecule has 0 radical (unpaired) electrons. The summed E-state index contributed by atoms with van der Waals surface area (Å²) in [6.45, 7) is 7.83. The van der Waals surface area contributed by atoms with Crippen molar-refractivity contribution in [1.82, 2.24) is 15.1 Å². The second kappa shape index (κ2) is 9.45. The number of rotatable bonds is 6. The molecular weight excluding hydrogens is 372 g/mol. The Morgan fingerprint density at radius 3 is 2.50 bits per heavy atom. The molecule has 1 atom stereocenters. The molecule has 1 unspecified atom stereocenters. The normalized spacial score (nSPS) is 20.1. The summed E-state index contributed by atoms with van der Waals surface area (Å²) >= 11 is 2.05. The molecule has 6 nitrogen and oxygen atoms in total. The fourth-order valence-electron chi connectivity index (χ4n) is 3.64. The van der Waals surface area contributed by atoms with E-state index in [2.05, 4.69) is 40.8 Å². The van der Waals surface area contributed by atoms with Crippen molar-refractivity contribution >= 4 is 29.5 Å². The number of hydrogen-bond acceptors (Lipinski definition) is 4. The van der Waals surface area contributed by atoms with E-state index in [-0.39, 0.29) is 11.8 Å². The minimum Gasteiger partial charge on any atom is -0.356 e. The van der Waals surface area contributed by atoms with Gasteiger partial charge in [0.25, 0.3) is 11.8 Å². The number of carbonyl (C=O) groups excluding carboxylic acids is 2. The second-order valence-electron chi connectivity index (χ2n) is 7.59. The quantitative estimate of drug-likeness (QED) is 0.343. The minimum atomic E-state index is -0.171. The van der Waals surface area contributed by atoms with Crippen LogP contribution in [0.4, 0.5) is 0 Å². The highest BCUT2D eigenvalue weighted by molar-refractivity contribution is 8.00. The summed E-state index contributed by atoms with van der Waals surface area (Å²) in [6.07, 6.45) is 1.66. The highest BCUT2D eigenvalue weighted by atomic mass is 32.2. The average molecular weight is 403 g/mol. The van der Waals surface area contributed by atoms with E-state index < -0.39 is 0 Å². The Hall–Kier alpha value is -2.02. The van der Waals surface area contributed by atoms with E-state index in [0.717, 1.165) is 44.2 Å². The second-order valence-corrected chi connectivity index (χ2v) is 8.93. The maximum atomic E-state index is 12.4. The fraction of sp³-hybridized carbons (Fsp3) is 0.571. The first-order valence-corrected chi connectivity index (χ1v) is 11.1. The number of unbranched alkanes of at least 4 members (excludes halogenated alkanes) is 1. The number of imide groups is 1. The van der Waals surface area contributed by atoms with E-state index >= 15 is 0 Å².